The van der Waals surface area contributed by atoms with Gasteiger partial charge in [0.15, 0.2) is 46.4 Å². The van der Waals surface area contributed by atoms with Crippen molar-refractivity contribution in [3.8, 4) is 0 Å². The first kappa shape index (κ1) is 177. The van der Waals surface area contributed by atoms with Crippen LogP contribution >= 0.6 is 0 Å². The number of halogens is 22. The van der Waals surface area contributed by atoms with E-state index < -0.39 is 102 Å². The predicted molar refractivity (Wildman–Crippen MR) is 476 cm³/mol. The van der Waals surface area contributed by atoms with Gasteiger partial charge in [-0.05, 0) is 112 Å². The fourth-order valence-corrected chi connectivity index (χ4v) is 2.83. The number of allylic oxidation sites excluding steroid dienone is 10. The summed E-state index contributed by atoms with van der Waals surface area (Å²) in [5.74, 6) is -6.73. The lowest BCUT2D eigenvalue weighted by Crippen LogP contribution is -2.20. The lowest BCUT2D eigenvalue weighted by atomic mass is 10.1. The molecule has 0 aromatic rings. The Morgan fingerprint density at radius 2 is 0.576 bits per heavy atom. The number of ether oxygens (including phenoxy) is 5. The normalized spacial score (nSPS) is 8.37. The van der Waals surface area contributed by atoms with Crippen LogP contribution in [-0.4, -0.2) is 144 Å². The van der Waals surface area contributed by atoms with Crippen LogP contribution in [0.15, 0.2) is 226 Å². The summed E-state index contributed by atoms with van der Waals surface area (Å²) >= 11 is 0. The number of carbonyl (C=O) groups excluding carboxylic acids is 8. The molecule has 0 bridgehead atoms. The monoisotopic (exact) mass is 1860 g/mol. The lowest BCUT2D eigenvalue weighted by Gasteiger charge is -2.11. The van der Waals surface area contributed by atoms with Gasteiger partial charge < -0.3 is 23.7 Å². The Hall–Kier alpha value is -9.38. The molecule has 0 aromatic carbocycles. The minimum Gasteiger partial charge on any atom is -0.502 e. The van der Waals surface area contributed by atoms with Gasteiger partial charge in [-0.25, -0.2) is 26.3 Å². The van der Waals surface area contributed by atoms with Crippen LogP contribution in [0.5, 0.6) is 0 Å². The predicted octanol–water partition coefficient (Wildman–Crippen LogP) is 31.1. The molecule has 0 unspecified atom stereocenters. The second-order valence-electron chi connectivity index (χ2n) is 19.0. The zero-order chi connectivity index (χ0) is 106. The van der Waals surface area contributed by atoms with Crippen molar-refractivity contribution in [3.63, 3.8) is 0 Å². The molecule has 0 saturated heterocycles. The fraction of sp³-hybridized carbons (Fsp3) is 0.511. The smallest absolute Gasteiger partial charge is 0.419 e. The minimum absolute atomic E-state index is 0. The average molecular weight is 1860 g/mol. The SMILES string of the molecule is C=C.C=C.C=C.C=C(C(=O)CC)C(F)(F)F.C=C(C(=O)CC)C(F)(F)F.C=C(C)C(=O)CC.C=C(C)C(=O)CC.C=C(F)C(F)(F)OCC.C=C(F)C(F)(F)OCC.C=C(F)CF.C=C(F)CF.C=C(F)OCC.C=CC(=O)CC.C=CC(=O)CC.C=CCC.C=CCCC.C=CCOCC.C=COCC.CCC(=O)F.CCC(=O)F.CCF.CCF.CCF. The average Bonchev–Trinajstić information content (AvgIpc) is 0.898. The molecular formula is C90H152F22O13. The van der Waals surface area contributed by atoms with Crippen molar-refractivity contribution in [2.45, 2.75) is 234 Å². The maximum absolute atomic E-state index is 11.8. The van der Waals surface area contributed by atoms with Gasteiger partial charge in [0.05, 0.1) is 70.5 Å². The van der Waals surface area contributed by atoms with Gasteiger partial charge in [-0.1, -0.05) is 166 Å². The number of rotatable bonds is 32. The van der Waals surface area contributed by atoms with Crippen LogP contribution in [-0.2, 0) is 62.0 Å². The van der Waals surface area contributed by atoms with E-state index in [0.29, 0.717) is 50.0 Å². The molecule has 0 fully saturated rings. The second kappa shape index (κ2) is 152. The zero-order valence-electron chi connectivity index (χ0n) is 78.0. The number of hydrogen-bond donors (Lipinski definition) is 0. The Bertz CT molecular complexity index is 2440. The Balaban J connectivity index is -0.0000000419. The van der Waals surface area contributed by atoms with Gasteiger partial charge in [0.1, 0.15) is 25.0 Å². The molecule has 0 aromatic heterocycles. The third-order valence-corrected chi connectivity index (χ3v) is 8.68. The quantitative estimate of drug-likeness (QED) is 0.0155. The minimum atomic E-state index is -4.56. The number of Topliss-reactive ketones (excluding diaryl/α,β-unsaturated/α-hetero) is 4. The van der Waals surface area contributed by atoms with Gasteiger partial charge >= 0.3 is 36.6 Å². The van der Waals surface area contributed by atoms with Crippen LogP contribution in [0.25, 0.3) is 0 Å². The van der Waals surface area contributed by atoms with Crippen LogP contribution < -0.4 is 0 Å². The molecule has 0 rings (SSSR count). The summed E-state index contributed by atoms with van der Waals surface area (Å²) in [6.07, 6.45) is -1.65. The molecule has 13 nitrogen and oxygen atoms in total. The highest BCUT2D eigenvalue weighted by atomic mass is 19.4. The molecular weight excluding hydrogens is 1710 g/mol. The molecule has 0 aliphatic rings. The maximum atomic E-state index is 11.8. The van der Waals surface area contributed by atoms with Crippen LogP contribution in [0.1, 0.15) is 209 Å². The van der Waals surface area contributed by atoms with E-state index in [1.165, 1.54) is 87.1 Å². The largest absolute Gasteiger partial charge is 0.502 e. The molecule has 0 aliphatic carbocycles. The van der Waals surface area contributed by atoms with E-state index in [-0.39, 0.29) is 82.1 Å². The first-order valence-corrected chi connectivity index (χ1v) is 37.5. The lowest BCUT2D eigenvalue weighted by molar-refractivity contribution is -0.217. The van der Waals surface area contributed by atoms with E-state index >= 15 is 0 Å². The van der Waals surface area contributed by atoms with E-state index in [0.717, 1.165) is 26.1 Å². The van der Waals surface area contributed by atoms with Gasteiger partial charge in [0.25, 0.3) is 6.01 Å². The summed E-state index contributed by atoms with van der Waals surface area (Å²) in [4.78, 5) is 79.9. The molecule has 0 atom stereocenters. The molecule has 0 heterocycles. The highest BCUT2D eigenvalue weighted by molar-refractivity contribution is 5.96. The number of alkyl halides is 15. The highest BCUT2D eigenvalue weighted by Gasteiger charge is 2.37. The third-order valence-electron chi connectivity index (χ3n) is 8.68. The Morgan fingerprint density at radius 3 is 0.600 bits per heavy atom. The van der Waals surface area contributed by atoms with Gasteiger partial charge in [-0.2, -0.15) is 57.1 Å². The van der Waals surface area contributed by atoms with E-state index in [9.17, 15) is 125 Å². The van der Waals surface area contributed by atoms with E-state index in [1.54, 1.807) is 26.8 Å². The van der Waals surface area contributed by atoms with Gasteiger partial charge in [-0.15, -0.1) is 59.2 Å². The van der Waals surface area contributed by atoms with E-state index in [1.807, 2.05) is 53.7 Å². The summed E-state index contributed by atoms with van der Waals surface area (Å²) in [7, 11) is 0. The van der Waals surface area contributed by atoms with Crippen molar-refractivity contribution in [2.24, 2.45) is 0 Å². The number of ketones is 6. The molecule has 0 radical (unpaired) electrons. The van der Waals surface area contributed by atoms with Crippen LogP contribution in [0.2, 0.25) is 0 Å². The molecule has 0 spiro atoms. The summed E-state index contributed by atoms with van der Waals surface area (Å²) in [6.45, 7) is 96.0. The standard InChI is InChI=1S/2C6H7F3O.2C6H10O.2C5H7F3O.C5H10O.2C5H8O.C5H10.C4H7FO.C4H8O.C4H8.2C3H4F2.2C3H5FO.3C2H5F.3C2H4/c2*1-3-5(10)4(2)6(7,8)9;2*1-4-6(7)5(2)3;2*1-3-9-5(7,8)4(2)6;1-3-5-6-4-2;2*1-3-5(6)4-2;1-3-5-4-2;1-3-6-4(2)5;1-3-5-4-2;1-3-4-2;2*1-3(5)2-4;2*1-2-3(4)5;3*1-2-3;3*1-2/h2*2-3H2,1H3;2*2,4H2,1,3H3;2*2-3H2,1H3;3H,1,4-5H2,2H3;2*3H,1,4H2,2H3;3H,1,4-5H2,2H3;2-3H2,1H3;3H,1,4H2,2H3;3H,1,4H2,2H3;2*1-2H2;2*2H2,1H3;3*2H2,1H3;3*1-2H2. The molecule has 0 aliphatic heterocycles. The fourth-order valence-electron chi connectivity index (χ4n) is 2.83. The maximum Gasteiger partial charge on any atom is 0.419 e. The van der Waals surface area contributed by atoms with Gasteiger partial charge in [0, 0.05) is 58.0 Å². The Kier molecular flexibility index (Phi) is 216. The van der Waals surface area contributed by atoms with Crippen LogP contribution in [0.3, 0.4) is 0 Å². The summed E-state index contributed by atoms with van der Waals surface area (Å²) < 4.78 is 268. The molecule has 0 saturated carbocycles. The highest BCUT2D eigenvalue weighted by Crippen LogP contribution is 2.27. The molecule has 125 heavy (non-hydrogen) atoms. The topological polar surface area (TPSA) is 183 Å². The number of carbonyl (C=O) groups is 8. The molecule has 744 valence electrons. The van der Waals surface area contributed by atoms with Crippen molar-refractivity contribution in [1.29, 1.82) is 0 Å². The summed E-state index contributed by atoms with van der Waals surface area (Å²) in [5, 5.41) is 0. The first-order chi connectivity index (χ1) is 57.5. The van der Waals surface area contributed by atoms with Crippen molar-refractivity contribution in [1.82, 2.24) is 0 Å². The molecule has 35 heteroatoms. The van der Waals surface area contributed by atoms with Crippen LogP contribution in [0.4, 0.5) is 96.6 Å². The van der Waals surface area contributed by atoms with Crippen molar-refractivity contribution < 1.29 is 159 Å². The van der Waals surface area contributed by atoms with E-state index in [2.05, 4.69) is 171 Å². The third kappa shape index (κ3) is 268. The van der Waals surface area contributed by atoms with Crippen molar-refractivity contribution in [2.75, 3.05) is 73.0 Å². The Labute approximate surface area is 735 Å². The van der Waals surface area contributed by atoms with E-state index in [4.69, 9.17) is 14.3 Å². The first-order valence-electron chi connectivity index (χ1n) is 37.5. The number of unbranched alkanes of at least 4 members (excludes halogenated alkanes) is 1. The molecule has 0 N–H and O–H groups in total. The van der Waals surface area contributed by atoms with Crippen molar-refractivity contribution in [3.05, 3.63) is 226 Å². The Morgan fingerprint density at radius 1 is 0.344 bits per heavy atom. The summed E-state index contributed by atoms with van der Waals surface area (Å²) in [6, 6.07) is -3.20. The van der Waals surface area contributed by atoms with Crippen LogP contribution in [0, 0.1) is 0 Å². The van der Waals surface area contributed by atoms with Gasteiger partial charge in [0.2, 0.25) is 0 Å². The molecule has 0 amide bonds. The summed E-state index contributed by atoms with van der Waals surface area (Å²) in [5.41, 5.74) is -1.23. The zero-order valence-corrected chi connectivity index (χ0v) is 78.0. The number of hydrogen-bond acceptors (Lipinski definition) is 13. The van der Waals surface area contributed by atoms with Gasteiger partial charge in [-0.3, -0.25) is 51.5 Å². The second-order valence-corrected chi connectivity index (χ2v) is 19.0. The van der Waals surface area contributed by atoms with Crippen molar-refractivity contribution >= 4 is 46.8 Å².